The highest BCUT2D eigenvalue weighted by Gasteiger charge is 2.15. The lowest BCUT2D eigenvalue weighted by Gasteiger charge is -2.14. The Kier molecular flexibility index (Phi) is 5.16. The third-order valence-corrected chi connectivity index (χ3v) is 5.00. The molecule has 4 rings (SSSR count). The molecule has 0 radical (unpaired) electrons. The molecule has 1 aromatic heterocycles. The van der Waals surface area contributed by atoms with Crippen LogP contribution >= 0.6 is 0 Å². The molecule has 0 amide bonds. The lowest BCUT2D eigenvalue weighted by atomic mass is 10.0. The van der Waals surface area contributed by atoms with Gasteiger partial charge in [0, 0.05) is 30.2 Å². The Labute approximate surface area is 164 Å². The normalized spacial score (nSPS) is 14.5. The Morgan fingerprint density at radius 3 is 2.71 bits per heavy atom. The summed E-state index contributed by atoms with van der Waals surface area (Å²) in [4.78, 5) is 4.14. The molecule has 0 bridgehead atoms. The zero-order valence-electron chi connectivity index (χ0n) is 15.8. The van der Waals surface area contributed by atoms with Gasteiger partial charge in [-0.25, -0.2) is 4.98 Å². The maximum atomic E-state index is 9.80. The lowest BCUT2D eigenvalue weighted by Crippen LogP contribution is -2.15. The van der Waals surface area contributed by atoms with Crippen molar-refractivity contribution < 1.29 is 10.2 Å². The fourth-order valence-electron chi connectivity index (χ4n) is 3.51. The lowest BCUT2D eigenvalue weighted by molar-refractivity contribution is 0.176. The van der Waals surface area contributed by atoms with Crippen LogP contribution in [-0.4, -0.2) is 32.9 Å². The van der Waals surface area contributed by atoms with Crippen LogP contribution in [0.2, 0.25) is 0 Å². The number of nitrogens with zero attached hydrogens (tertiary/aromatic N) is 2. The molecule has 0 aliphatic carbocycles. The maximum absolute atomic E-state index is 9.80. The number of hydrogen-bond acceptors (Lipinski definition) is 4. The van der Waals surface area contributed by atoms with Crippen molar-refractivity contribution in [2.24, 2.45) is 0 Å². The molecule has 0 saturated heterocycles. The highest BCUT2D eigenvalue weighted by atomic mass is 16.3. The SMILES string of the molecule is C[C@H](O)c1nccn1[C@@H](C#Cc1ccc(-c2ccc3c(c2)CCN3)cc1)CO. The van der Waals surface area contributed by atoms with Gasteiger partial charge in [-0.15, -0.1) is 0 Å². The minimum atomic E-state index is -0.715. The molecule has 3 N–H and O–H groups in total. The van der Waals surface area contributed by atoms with Crippen molar-refractivity contribution in [3.63, 3.8) is 0 Å². The summed E-state index contributed by atoms with van der Waals surface area (Å²) in [7, 11) is 0. The first-order valence-electron chi connectivity index (χ1n) is 9.46. The fraction of sp³-hybridized carbons (Fsp3) is 0.261. The van der Waals surface area contributed by atoms with Gasteiger partial charge in [-0.2, -0.15) is 0 Å². The van der Waals surface area contributed by atoms with E-state index < -0.39 is 12.1 Å². The zero-order chi connectivity index (χ0) is 19.5. The third-order valence-electron chi connectivity index (χ3n) is 5.00. The van der Waals surface area contributed by atoms with Crippen molar-refractivity contribution in [2.75, 3.05) is 18.5 Å². The van der Waals surface area contributed by atoms with Crippen molar-refractivity contribution >= 4 is 5.69 Å². The predicted molar refractivity (Wildman–Crippen MR) is 110 cm³/mol. The quantitative estimate of drug-likeness (QED) is 0.615. The van der Waals surface area contributed by atoms with Gasteiger partial charge in [-0.3, -0.25) is 0 Å². The van der Waals surface area contributed by atoms with E-state index in [0.29, 0.717) is 5.82 Å². The first-order valence-corrected chi connectivity index (χ1v) is 9.46. The van der Waals surface area contributed by atoms with Crippen LogP contribution in [0.5, 0.6) is 0 Å². The summed E-state index contributed by atoms with van der Waals surface area (Å²) in [6.07, 6.45) is 3.68. The highest BCUT2D eigenvalue weighted by molar-refractivity contribution is 5.70. The van der Waals surface area contributed by atoms with E-state index in [0.717, 1.165) is 24.1 Å². The number of hydrogen-bond donors (Lipinski definition) is 3. The predicted octanol–water partition coefficient (Wildman–Crippen LogP) is 3.16. The second kappa shape index (κ2) is 7.89. The molecule has 0 unspecified atom stereocenters. The van der Waals surface area contributed by atoms with Gasteiger partial charge in [0.05, 0.1) is 6.61 Å². The minimum absolute atomic E-state index is 0.148. The van der Waals surface area contributed by atoms with E-state index in [1.54, 1.807) is 23.9 Å². The average Bonchev–Trinajstić information content (AvgIpc) is 3.38. The van der Waals surface area contributed by atoms with Crippen molar-refractivity contribution in [3.8, 4) is 23.0 Å². The second-order valence-corrected chi connectivity index (χ2v) is 6.96. The van der Waals surface area contributed by atoms with E-state index in [9.17, 15) is 10.2 Å². The molecule has 3 aromatic rings. The van der Waals surface area contributed by atoms with E-state index in [4.69, 9.17) is 0 Å². The monoisotopic (exact) mass is 373 g/mol. The largest absolute Gasteiger partial charge is 0.393 e. The van der Waals surface area contributed by atoms with Gasteiger partial charge < -0.3 is 20.1 Å². The molecular weight excluding hydrogens is 350 g/mol. The van der Waals surface area contributed by atoms with Gasteiger partial charge in [-0.1, -0.05) is 30.0 Å². The van der Waals surface area contributed by atoms with E-state index in [-0.39, 0.29) is 6.61 Å². The van der Waals surface area contributed by atoms with Crippen LogP contribution in [0.3, 0.4) is 0 Å². The van der Waals surface area contributed by atoms with Crippen molar-refractivity contribution in [3.05, 3.63) is 71.8 Å². The van der Waals surface area contributed by atoms with E-state index in [2.05, 4.69) is 52.5 Å². The number of imidazole rings is 1. The number of fused-ring (bicyclic) bond motifs is 1. The molecule has 1 aliphatic rings. The van der Waals surface area contributed by atoms with E-state index in [1.165, 1.54) is 16.8 Å². The number of anilines is 1. The molecule has 0 saturated carbocycles. The Morgan fingerprint density at radius 1 is 1.18 bits per heavy atom. The van der Waals surface area contributed by atoms with Crippen LogP contribution in [0.25, 0.3) is 11.1 Å². The van der Waals surface area contributed by atoms with E-state index in [1.807, 2.05) is 12.1 Å². The third kappa shape index (κ3) is 3.65. The Morgan fingerprint density at radius 2 is 1.96 bits per heavy atom. The standard InChI is InChI=1S/C23H23N3O2/c1-16(28)23-25-12-13-26(23)21(15-27)8-4-17-2-5-18(6-3-17)19-7-9-22-20(14-19)10-11-24-22/h2-3,5-7,9,12-14,16,21,24,27-28H,10-11,15H2,1H3/t16-,21-/m0/s1. The van der Waals surface area contributed by atoms with Gasteiger partial charge in [0.2, 0.25) is 0 Å². The minimum Gasteiger partial charge on any atom is -0.393 e. The van der Waals surface area contributed by atoms with Crippen LogP contribution in [0.15, 0.2) is 54.9 Å². The van der Waals surface area contributed by atoms with Crippen LogP contribution in [-0.2, 0) is 6.42 Å². The molecule has 2 atom stereocenters. The van der Waals surface area contributed by atoms with Crippen LogP contribution in [0.4, 0.5) is 5.69 Å². The molecule has 2 aromatic carbocycles. The molecular formula is C23H23N3O2. The number of aromatic nitrogens is 2. The molecule has 0 spiro atoms. The summed E-state index contributed by atoms with van der Waals surface area (Å²) in [6, 6.07) is 14.2. The van der Waals surface area contributed by atoms with Gasteiger partial charge in [0.15, 0.2) is 0 Å². The van der Waals surface area contributed by atoms with Gasteiger partial charge >= 0.3 is 0 Å². The summed E-state index contributed by atoms with van der Waals surface area (Å²) >= 11 is 0. The van der Waals surface area contributed by atoms with Gasteiger partial charge in [0.25, 0.3) is 0 Å². The van der Waals surface area contributed by atoms with Crippen LogP contribution < -0.4 is 5.32 Å². The molecule has 1 aliphatic heterocycles. The van der Waals surface area contributed by atoms with Crippen molar-refractivity contribution in [1.82, 2.24) is 9.55 Å². The Balaban J connectivity index is 1.54. The summed E-state index contributed by atoms with van der Waals surface area (Å²) < 4.78 is 1.71. The molecule has 5 nitrogen and oxygen atoms in total. The molecule has 142 valence electrons. The highest BCUT2D eigenvalue weighted by Crippen LogP contribution is 2.28. The molecule has 28 heavy (non-hydrogen) atoms. The maximum Gasteiger partial charge on any atom is 0.138 e. The summed E-state index contributed by atoms with van der Waals surface area (Å²) in [5, 5.41) is 22.9. The second-order valence-electron chi connectivity index (χ2n) is 6.96. The first-order chi connectivity index (χ1) is 13.7. The number of aliphatic hydroxyl groups excluding tert-OH is 2. The molecule has 0 fully saturated rings. The van der Waals surface area contributed by atoms with Crippen molar-refractivity contribution in [2.45, 2.75) is 25.5 Å². The van der Waals surface area contributed by atoms with Crippen LogP contribution in [0.1, 0.15) is 36.0 Å². The number of rotatable bonds is 4. The number of nitrogens with one attached hydrogen (secondary N) is 1. The average molecular weight is 373 g/mol. The Hall–Kier alpha value is -3.07. The molecule has 5 heteroatoms. The number of benzene rings is 2. The van der Waals surface area contributed by atoms with Crippen molar-refractivity contribution in [1.29, 1.82) is 0 Å². The van der Waals surface area contributed by atoms with Crippen LogP contribution in [0, 0.1) is 11.8 Å². The first kappa shape index (κ1) is 18.3. The van der Waals surface area contributed by atoms with Gasteiger partial charge in [-0.05, 0) is 54.3 Å². The summed E-state index contributed by atoms with van der Waals surface area (Å²) in [6.45, 7) is 2.51. The fourth-order valence-corrected chi connectivity index (χ4v) is 3.51. The Bertz CT molecular complexity index is 1030. The van der Waals surface area contributed by atoms with E-state index >= 15 is 0 Å². The number of aliphatic hydroxyl groups is 2. The summed E-state index contributed by atoms with van der Waals surface area (Å²) in [5.41, 5.74) is 5.84. The summed E-state index contributed by atoms with van der Waals surface area (Å²) in [5.74, 6) is 6.70. The van der Waals surface area contributed by atoms with Gasteiger partial charge in [0.1, 0.15) is 18.0 Å². The zero-order valence-corrected chi connectivity index (χ0v) is 15.8. The topological polar surface area (TPSA) is 70.3 Å². The smallest absolute Gasteiger partial charge is 0.138 e. The molecule has 2 heterocycles.